The van der Waals surface area contributed by atoms with E-state index in [0.717, 1.165) is 55.4 Å². The highest BCUT2D eigenvalue weighted by atomic mass is 35.5. The summed E-state index contributed by atoms with van der Waals surface area (Å²) in [4.78, 5) is 13.4. The van der Waals surface area contributed by atoms with E-state index in [-0.39, 0.29) is 5.38 Å². The molecule has 3 aromatic rings. The predicted octanol–water partition coefficient (Wildman–Crippen LogP) is 11.3. The third kappa shape index (κ3) is 13.0. The number of ether oxygens (including phenoxy) is 3. The van der Waals surface area contributed by atoms with E-state index >= 15 is 0 Å². The van der Waals surface area contributed by atoms with E-state index in [4.69, 9.17) is 25.8 Å². The van der Waals surface area contributed by atoms with Crippen LogP contribution in [-0.4, -0.2) is 24.6 Å². The standard InChI is InChI=1S/C38H51ClO4/c1-4-6-8-9-10-14-26-42-35-24-25-36(31-17-12-11-13-18-31)37(29-35)38(40)43-34-22-20-33(21-23-34)41-27-15-16-30(3)28-32(39)19-7-5-2/h11-13,17-18,20-25,29-30,32H,4-10,14-16,19,26-28H2,1-3H3/t30?,32-/m1/s1. The number of benzene rings is 3. The summed E-state index contributed by atoms with van der Waals surface area (Å²) >= 11 is 6.47. The largest absolute Gasteiger partial charge is 0.494 e. The van der Waals surface area contributed by atoms with Crippen LogP contribution in [0.15, 0.2) is 72.8 Å². The first-order valence-electron chi connectivity index (χ1n) is 16.4. The minimum absolute atomic E-state index is 0.273. The minimum atomic E-state index is -0.414. The van der Waals surface area contributed by atoms with Gasteiger partial charge >= 0.3 is 5.97 Å². The van der Waals surface area contributed by atoms with Crippen LogP contribution in [0.25, 0.3) is 11.1 Å². The Morgan fingerprint density at radius 3 is 2.07 bits per heavy atom. The van der Waals surface area contributed by atoms with Crippen LogP contribution in [0.1, 0.15) is 108 Å². The number of esters is 1. The van der Waals surface area contributed by atoms with Crippen LogP contribution >= 0.6 is 11.6 Å². The third-order valence-corrected chi connectivity index (χ3v) is 8.13. The summed E-state index contributed by atoms with van der Waals surface area (Å²) in [5.41, 5.74) is 2.25. The Bertz CT molecular complexity index is 1180. The fraction of sp³-hybridized carbons (Fsp3) is 0.500. The number of hydrogen-bond acceptors (Lipinski definition) is 4. The van der Waals surface area contributed by atoms with E-state index in [1.54, 1.807) is 18.2 Å². The molecule has 0 aliphatic rings. The summed E-state index contributed by atoms with van der Waals surface area (Å²) < 4.78 is 17.8. The number of carbonyl (C=O) groups is 1. The SMILES string of the molecule is CCCCCCCCOc1ccc(-c2ccccc2)c(C(=O)Oc2ccc(OCCCC(C)C[C@H](Cl)CCCC)cc2)c1. The summed E-state index contributed by atoms with van der Waals surface area (Å²) in [6, 6.07) is 22.8. The Balaban J connectivity index is 1.53. The Morgan fingerprint density at radius 2 is 1.33 bits per heavy atom. The highest BCUT2D eigenvalue weighted by Crippen LogP contribution is 2.29. The molecule has 3 aromatic carbocycles. The highest BCUT2D eigenvalue weighted by Gasteiger charge is 2.17. The van der Waals surface area contributed by atoms with Crippen molar-refractivity contribution in [1.82, 2.24) is 0 Å². The fourth-order valence-corrected chi connectivity index (χ4v) is 5.67. The van der Waals surface area contributed by atoms with Gasteiger partial charge in [0.15, 0.2) is 0 Å². The number of rotatable bonds is 21. The predicted molar refractivity (Wildman–Crippen MR) is 180 cm³/mol. The number of halogens is 1. The van der Waals surface area contributed by atoms with Crippen LogP contribution in [0.5, 0.6) is 17.2 Å². The molecule has 0 saturated heterocycles. The lowest BCUT2D eigenvalue weighted by Crippen LogP contribution is -2.11. The van der Waals surface area contributed by atoms with Crippen molar-refractivity contribution in [2.75, 3.05) is 13.2 Å². The molecule has 0 N–H and O–H groups in total. The van der Waals surface area contributed by atoms with E-state index < -0.39 is 5.97 Å². The summed E-state index contributed by atoms with van der Waals surface area (Å²) in [5, 5.41) is 0.273. The lowest BCUT2D eigenvalue weighted by atomic mass is 9.98. The lowest BCUT2D eigenvalue weighted by molar-refractivity contribution is 0.0735. The molecule has 0 saturated carbocycles. The summed E-state index contributed by atoms with van der Waals surface area (Å²) in [7, 11) is 0. The van der Waals surface area contributed by atoms with Gasteiger partial charge in [-0.25, -0.2) is 4.79 Å². The molecule has 0 aliphatic carbocycles. The fourth-order valence-electron chi connectivity index (χ4n) is 5.21. The summed E-state index contributed by atoms with van der Waals surface area (Å²) in [6.07, 6.45) is 13.8. The maximum absolute atomic E-state index is 13.4. The molecule has 0 radical (unpaired) electrons. The van der Waals surface area contributed by atoms with E-state index in [1.165, 1.54) is 38.5 Å². The Labute approximate surface area is 265 Å². The summed E-state index contributed by atoms with van der Waals surface area (Å²) in [6.45, 7) is 7.99. The topological polar surface area (TPSA) is 44.8 Å². The minimum Gasteiger partial charge on any atom is -0.494 e. The second-order valence-electron chi connectivity index (χ2n) is 11.6. The number of unbranched alkanes of at least 4 members (excludes halogenated alkanes) is 6. The van der Waals surface area contributed by atoms with Gasteiger partial charge in [0.05, 0.1) is 18.8 Å². The van der Waals surface area contributed by atoms with Gasteiger partial charge in [-0.1, -0.05) is 96.0 Å². The molecule has 4 nitrogen and oxygen atoms in total. The zero-order valence-corrected chi connectivity index (χ0v) is 27.2. The molecule has 0 fully saturated rings. The zero-order valence-electron chi connectivity index (χ0n) is 26.5. The Hall–Kier alpha value is -2.98. The van der Waals surface area contributed by atoms with Gasteiger partial charge in [0.1, 0.15) is 17.2 Å². The van der Waals surface area contributed by atoms with Crippen LogP contribution < -0.4 is 14.2 Å². The molecule has 0 spiro atoms. The van der Waals surface area contributed by atoms with Crippen LogP contribution in [-0.2, 0) is 0 Å². The Kier molecular flexibility index (Phi) is 16.1. The number of hydrogen-bond donors (Lipinski definition) is 0. The van der Waals surface area contributed by atoms with E-state index in [9.17, 15) is 4.79 Å². The van der Waals surface area contributed by atoms with Gasteiger partial charge in [0, 0.05) is 5.38 Å². The maximum atomic E-state index is 13.4. The monoisotopic (exact) mass is 606 g/mol. The van der Waals surface area contributed by atoms with Gasteiger partial charge in [-0.05, 0) is 91.6 Å². The lowest BCUT2D eigenvalue weighted by Gasteiger charge is -2.16. The second kappa shape index (κ2) is 20.1. The van der Waals surface area contributed by atoms with Crippen LogP contribution in [0.3, 0.4) is 0 Å². The van der Waals surface area contributed by atoms with Gasteiger partial charge in [-0.2, -0.15) is 0 Å². The molecule has 0 aliphatic heterocycles. The van der Waals surface area contributed by atoms with E-state index in [2.05, 4.69) is 20.8 Å². The van der Waals surface area contributed by atoms with Gasteiger partial charge < -0.3 is 14.2 Å². The van der Waals surface area contributed by atoms with Crippen molar-refractivity contribution in [2.45, 2.75) is 103 Å². The number of carbonyl (C=O) groups excluding carboxylic acids is 1. The molecule has 2 atom stereocenters. The van der Waals surface area contributed by atoms with Crippen molar-refractivity contribution in [3.05, 3.63) is 78.4 Å². The van der Waals surface area contributed by atoms with Gasteiger partial charge in [-0.3, -0.25) is 0 Å². The van der Waals surface area contributed by atoms with Crippen molar-refractivity contribution < 1.29 is 19.0 Å². The molecular formula is C38H51ClO4. The second-order valence-corrected chi connectivity index (χ2v) is 12.2. The smallest absolute Gasteiger partial charge is 0.344 e. The van der Waals surface area contributed by atoms with Crippen LogP contribution in [0.4, 0.5) is 0 Å². The van der Waals surface area contributed by atoms with Gasteiger partial charge in [0.25, 0.3) is 0 Å². The third-order valence-electron chi connectivity index (χ3n) is 7.74. The van der Waals surface area contributed by atoms with Crippen molar-refractivity contribution >= 4 is 17.6 Å². The average molecular weight is 607 g/mol. The first-order valence-corrected chi connectivity index (χ1v) is 16.8. The molecule has 3 rings (SSSR count). The van der Waals surface area contributed by atoms with Crippen molar-refractivity contribution in [1.29, 1.82) is 0 Å². The molecule has 0 aromatic heterocycles. The first kappa shape index (κ1) is 34.5. The normalized spacial score (nSPS) is 12.5. The first-order chi connectivity index (χ1) is 21.0. The van der Waals surface area contributed by atoms with Crippen molar-refractivity contribution in [3.63, 3.8) is 0 Å². The molecule has 0 bridgehead atoms. The van der Waals surface area contributed by atoms with Crippen LogP contribution in [0, 0.1) is 5.92 Å². The van der Waals surface area contributed by atoms with Gasteiger partial charge in [0.2, 0.25) is 0 Å². The van der Waals surface area contributed by atoms with Crippen LogP contribution in [0.2, 0.25) is 0 Å². The maximum Gasteiger partial charge on any atom is 0.344 e. The van der Waals surface area contributed by atoms with Crippen molar-refractivity contribution in [3.8, 4) is 28.4 Å². The molecule has 0 amide bonds. The number of alkyl halides is 1. The zero-order chi connectivity index (χ0) is 30.7. The van der Waals surface area contributed by atoms with Crippen molar-refractivity contribution in [2.24, 2.45) is 5.92 Å². The molecular weight excluding hydrogens is 556 g/mol. The molecule has 43 heavy (non-hydrogen) atoms. The highest BCUT2D eigenvalue weighted by molar-refractivity contribution is 6.20. The Morgan fingerprint density at radius 1 is 0.698 bits per heavy atom. The van der Waals surface area contributed by atoms with E-state index in [0.29, 0.717) is 36.2 Å². The molecule has 5 heteroatoms. The van der Waals surface area contributed by atoms with Gasteiger partial charge in [-0.15, -0.1) is 11.6 Å². The molecule has 234 valence electrons. The molecule has 1 unspecified atom stereocenters. The quantitative estimate of drug-likeness (QED) is 0.0523. The average Bonchev–Trinajstić information content (AvgIpc) is 3.02. The summed E-state index contributed by atoms with van der Waals surface area (Å²) in [5.74, 6) is 2.10. The molecule has 0 heterocycles. The van der Waals surface area contributed by atoms with E-state index in [1.807, 2.05) is 54.6 Å².